The van der Waals surface area contributed by atoms with Crippen molar-refractivity contribution in [2.24, 2.45) is 0 Å². The lowest BCUT2D eigenvalue weighted by atomic mass is 10.1. The van der Waals surface area contributed by atoms with Crippen LogP contribution in [0.1, 0.15) is 21.6 Å². The second-order valence-corrected chi connectivity index (χ2v) is 9.02. The molecule has 0 bridgehead atoms. The van der Waals surface area contributed by atoms with Crippen LogP contribution in [0.15, 0.2) is 52.9 Å². The third kappa shape index (κ3) is 4.64. The fraction of sp³-hybridized carbons (Fsp3) is 0.100. The zero-order valence-electron chi connectivity index (χ0n) is 15.7. The van der Waals surface area contributed by atoms with E-state index in [0.29, 0.717) is 21.4 Å². The number of aromatic nitrogens is 4. The van der Waals surface area contributed by atoms with Crippen LogP contribution in [0, 0.1) is 6.92 Å². The van der Waals surface area contributed by atoms with Crippen LogP contribution in [0.5, 0.6) is 5.75 Å². The summed E-state index contributed by atoms with van der Waals surface area (Å²) in [6.07, 6.45) is 0. The van der Waals surface area contributed by atoms with Crippen molar-refractivity contribution in [2.75, 3.05) is 5.32 Å². The van der Waals surface area contributed by atoms with Gasteiger partial charge in [0.05, 0.1) is 5.69 Å². The molecule has 1 amide bonds. The second kappa shape index (κ2) is 8.86. The number of phenolic OH excluding ortho intramolecular Hbond substituents is 1. The van der Waals surface area contributed by atoms with Gasteiger partial charge in [-0.25, -0.2) is 0 Å². The van der Waals surface area contributed by atoms with E-state index in [1.54, 1.807) is 25.1 Å². The predicted octanol–water partition coefficient (Wildman–Crippen LogP) is 5.14. The molecule has 0 saturated carbocycles. The van der Waals surface area contributed by atoms with Gasteiger partial charge in [-0.05, 0) is 42.3 Å². The van der Waals surface area contributed by atoms with Gasteiger partial charge in [0.25, 0.3) is 5.91 Å². The van der Waals surface area contributed by atoms with Gasteiger partial charge in [-0.15, -0.1) is 10.2 Å². The van der Waals surface area contributed by atoms with Crippen LogP contribution >= 0.6 is 34.7 Å². The SMILES string of the molecule is Cc1cccc(-c2cc(C(=O)Nc3nnc(SCc4ccc(Cl)cc4)s3)[nH]n2)c1O. The first-order valence-electron chi connectivity index (χ1n) is 8.86. The standard InChI is InChI=1S/C20H16ClN5O2S2/c1-11-3-2-4-14(17(11)27)15-9-16(24-23-15)18(28)22-19-25-26-20(30-19)29-10-12-5-7-13(21)8-6-12/h2-9,27H,10H2,1H3,(H,23,24)(H,22,25,28). The molecule has 0 saturated heterocycles. The number of rotatable bonds is 6. The van der Waals surface area contributed by atoms with Crippen LogP contribution in [0.4, 0.5) is 5.13 Å². The van der Waals surface area contributed by atoms with Gasteiger partial charge < -0.3 is 5.11 Å². The number of carbonyl (C=O) groups excluding carboxylic acids is 1. The molecule has 4 rings (SSSR count). The van der Waals surface area contributed by atoms with Gasteiger partial charge in [-0.2, -0.15) is 5.10 Å². The maximum Gasteiger partial charge on any atom is 0.275 e. The fourth-order valence-corrected chi connectivity index (χ4v) is 4.48. The number of hydrogen-bond donors (Lipinski definition) is 3. The minimum atomic E-state index is -0.383. The van der Waals surface area contributed by atoms with Crippen molar-refractivity contribution in [3.05, 3.63) is 70.4 Å². The number of hydrogen-bond acceptors (Lipinski definition) is 7. The average Bonchev–Trinajstić information content (AvgIpc) is 3.39. The molecule has 0 fully saturated rings. The molecule has 0 radical (unpaired) electrons. The third-order valence-corrected chi connectivity index (χ3v) is 6.53. The zero-order valence-corrected chi connectivity index (χ0v) is 18.1. The van der Waals surface area contributed by atoms with Gasteiger partial charge in [0.2, 0.25) is 5.13 Å². The van der Waals surface area contributed by atoms with Gasteiger partial charge in [0, 0.05) is 16.3 Å². The minimum absolute atomic E-state index is 0.141. The number of halogens is 1. The topological polar surface area (TPSA) is 104 Å². The van der Waals surface area contributed by atoms with Crippen molar-refractivity contribution in [2.45, 2.75) is 17.0 Å². The molecule has 30 heavy (non-hydrogen) atoms. The van der Waals surface area contributed by atoms with E-state index in [0.717, 1.165) is 21.2 Å². The summed E-state index contributed by atoms with van der Waals surface area (Å²) < 4.78 is 0.746. The number of phenols is 1. The predicted molar refractivity (Wildman–Crippen MR) is 119 cm³/mol. The summed E-state index contributed by atoms with van der Waals surface area (Å²) in [5, 5.41) is 29.0. The first-order valence-corrected chi connectivity index (χ1v) is 11.0. The van der Waals surface area contributed by atoms with Crippen LogP contribution in [-0.4, -0.2) is 31.4 Å². The molecule has 2 aromatic heterocycles. The Bertz CT molecular complexity index is 1190. The average molecular weight is 458 g/mol. The molecule has 0 atom stereocenters. The Morgan fingerprint density at radius 2 is 2.03 bits per heavy atom. The molecule has 10 heteroatoms. The van der Waals surface area contributed by atoms with Crippen molar-refractivity contribution < 1.29 is 9.90 Å². The van der Waals surface area contributed by atoms with Crippen LogP contribution in [0.3, 0.4) is 0 Å². The zero-order chi connectivity index (χ0) is 21.1. The highest BCUT2D eigenvalue weighted by atomic mass is 35.5. The highest BCUT2D eigenvalue weighted by Crippen LogP contribution is 2.31. The Balaban J connectivity index is 1.39. The van der Waals surface area contributed by atoms with Crippen molar-refractivity contribution in [1.29, 1.82) is 0 Å². The maximum absolute atomic E-state index is 12.5. The summed E-state index contributed by atoms with van der Waals surface area (Å²) in [4.78, 5) is 12.5. The lowest BCUT2D eigenvalue weighted by Crippen LogP contribution is -2.12. The summed E-state index contributed by atoms with van der Waals surface area (Å²) in [6.45, 7) is 1.80. The number of aromatic hydroxyl groups is 1. The van der Waals surface area contributed by atoms with E-state index < -0.39 is 0 Å². The van der Waals surface area contributed by atoms with Crippen molar-refractivity contribution in [1.82, 2.24) is 20.4 Å². The normalized spacial score (nSPS) is 10.9. The molecule has 2 aromatic carbocycles. The summed E-state index contributed by atoms with van der Waals surface area (Å²) in [7, 11) is 0. The van der Waals surface area contributed by atoms with E-state index in [1.807, 2.05) is 30.3 Å². The lowest BCUT2D eigenvalue weighted by molar-refractivity contribution is 0.102. The number of aromatic amines is 1. The molecular weight excluding hydrogens is 442 g/mol. The van der Waals surface area contributed by atoms with Crippen molar-refractivity contribution >= 4 is 45.7 Å². The Labute approximate surface area is 185 Å². The van der Waals surface area contributed by atoms with Gasteiger partial charge >= 0.3 is 0 Å². The Kier molecular flexibility index (Phi) is 6.03. The number of nitrogens with zero attached hydrogens (tertiary/aromatic N) is 3. The van der Waals surface area contributed by atoms with E-state index in [2.05, 4.69) is 25.7 Å². The second-order valence-electron chi connectivity index (χ2n) is 6.38. The molecule has 0 unspecified atom stereocenters. The van der Waals surface area contributed by atoms with E-state index in [-0.39, 0.29) is 17.4 Å². The minimum Gasteiger partial charge on any atom is -0.507 e. The number of anilines is 1. The van der Waals surface area contributed by atoms with Gasteiger partial charge in [-0.3, -0.25) is 15.2 Å². The van der Waals surface area contributed by atoms with Crippen LogP contribution in [-0.2, 0) is 5.75 Å². The van der Waals surface area contributed by atoms with E-state index >= 15 is 0 Å². The molecule has 0 spiro atoms. The van der Waals surface area contributed by atoms with Crippen LogP contribution in [0.25, 0.3) is 11.3 Å². The van der Waals surface area contributed by atoms with Gasteiger partial charge in [0.1, 0.15) is 11.4 Å². The molecule has 4 aromatic rings. The van der Waals surface area contributed by atoms with Gasteiger partial charge in [-0.1, -0.05) is 59.0 Å². The first-order chi connectivity index (χ1) is 14.5. The molecule has 0 aliphatic rings. The first kappa shape index (κ1) is 20.4. The lowest BCUT2D eigenvalue weighted by Gasteiger charge is -2.03. The molecular formula is C20H16ClN5O2S2. The summed E-state index contributed by atoms with van der Waals surface area (Å²) in [5.74, 6) is 0.484. The number of para-hydroxylation sites is 1. The van der Waals surface area contributed by atoms with E-state index in [4.69, 9.17) is 11.6 Å². The van der Waals surface area contributed by atoms with Crippen molar-refractivity contribution in [3.8, 4) is 17.0 Å². The third-order valence-electron chi connectivity index (χ3n) is 4.24. The van der Waals surface area contributed by atoms with Gasteiger partial charge in [0.15, 0.2) is 4.34 Å². The summed E-state index contributed by atoms with van der Waals surface area (Å²) >= 11 is 8.72. The van der Waals surface area contributed by atoms with E-state index in [1.165, 1.54) is 23.1 Å². The molecule has 152 valence electrons. The summed E-state index contributed by atoms with van der Waals surface area (Å²) in [6, 6.07) is 14.6. The highest BCUT2D eigenvalue weighted by Gasteiger charge is 2.16. The Morgan fingerprint density at radius 3 is 2.83 bits per heavy atom. The maximum atomic E-state index is 12.5. The molecule has 7 nitrogen and oxygen atoms in total. The largest absolute Gasteiger partial charge is 0.507 e. The number of H-pyrrole nitrogens is 1. The smallest absolute Gasteiger partial charge is 0.275 e. The fourth-order valence-electron chi connectivity index (χ4n) is 2.65. The summed E-state index contributed by atoms with van der Waals surface area (Å²) in [5.41, 5.74) is 3.16. The molecule has 3 N–H and O–H groups in total. The number of carbonyl (C=O) groups is 1. The molecule has 2 heterocycles. The molecule has 0 aliphatic carbocycles. The van der Waals surface area contributed by atoms with Crippen LogP contribution < -0.4 is 5.32 Å². The number of benzene rings is 2. The number of aryl methyl sites for hydroxylation is 1. The van der Waals surface area contributed by atoms with E-state index in [9.17, 15) is 9.90 Å². The molecule has 0 aliphatic heterocycles. The number of amides is 1. The van der Waals surface area contributed by atoms with Crippen molar-refractivity contribution in [3.63, 3.8) is 0 Å². The number of nitrogens with one attached hydrogen (secondary N) is 2. The Hall–Kier alpha value is -2.88. The van der Waals surface area contributed by atoms with Crippen LogP contribution in [0.2, 0.25) is 5.02 Å². The Morgan fingerprint density at radius 1 is 1.23 bits per heavy atom. The highest BCUT2D eigenvalue weighted by molar-refractivity contribution is 8.00. The monoisotopic (exact) mass is 457 g/mol. The number of thioether (sulfide) groups is 1. The quantitative estimate of drug-likeness (QED) is 0.273.